The summed E-state index contributed by atoms with van der Waals surface area (Å²) < 4.78 is 36.3. The fraction of sp³-hybridized carbons (Fsp3) is 0.471. The van der Waals surface area contributed by atoms with Crippen LogP contribution in [-0.2, 0) is 22.7 Å². The van der Waals surface area contributed by atoms with Crippen molar-refractivity contribution in [3.63, 3.8) is 0 Å². The number of hydrogen-bond acceptors (Lipinski definition) is 3. The third-order valence-electron chi connectivity index (χ3n) is 4.10. The lowest BCUT2D eigenvalue weighted by atomic mass is 10.2. The van der Waals surface area contributed by atoms with Gasteiger partial charge in [-0.25, -0.2) is 4.98 Å². The fourth-order valence-corrected chi connectivity index (χ4v) is 2.51. The molecule has 1 aromatic heterocycles. The normalized spacial score (nSPS) is 14.4. The Labute approximate surface area is 147 Å². The lowest BCUT2D eigenvalue weighted by Crippen LogP contribution is -2.24. The van der Waals surface area contributed by atoms with Crippen LogP contribution in [0.15, 0.2) is 18.2 Å². The first-order chi connectivity index (χ1) is 12.3. The molecule has 9 heteroatoms. The maximum atomic E-state index is 12.1. The second kappa shape index (κ2) is 7.35. The van der Waals surface area contributed by atoms with Gasteiger partial charge in [0.05, 0.1) is 24.0 Å². The largest absolute Gasteiger partial charge is 0.389 e. The van der Waals surface area contributed by atoms with E-state index < -0.39 is 24.9 Å². The molecular formula is C17H19F3N4O2. The molecule has 1 aliphatic rings. The van der Waals surface area contributed by atoms with Crippen LogP contribution >= 0.6 is 0 Å². The molecule has 3 N–H and O–H groups in total. The number of benzene rings is 1. The molecule has 0 spiro atoms. The summed E-state index contributed by atoms with van der Waals surface area (Å²) in [5, 5.41) is 5.29. The fourth-order valence-electron chi connectivity index (χ4n) is 2.51. The van der Waals surface area contributed by atoms with Crippen molar-refractivity contribution in [2.75, 3.05) is 0 Å². The van der Waals surface area contributed by atoms with Crippen LogP contribution in [0.25, 0.3) is 11.0 Å². The van der Waals surface area contributed by atoms with E-state index in [0.717, 1.165) is 23.9 Å². The number of nitrogens with zero attached hydrogens (tertiary/aromatic N) is 1. The van der Waals surface area contributed by atoms with E-state index in [0.29, 0.717) is 17.9 Å². The highest BCUT2D eigenvalue weighted by atomic mass is 19.4. The number of aromatic amines is 1. The quantitative estimate of drug-likeness (QED) is 0.702. The summed E-state index contributed by atoms with van der Waals surface area (Å²) >= 11 is 0. The van der Waals surface area contributed by atoms with Crippen LogP contribution in [0.5, 0.6) is 0 Å². The Morgan fingerprint density at radius 2 is 1.96 bits per heavy atom. The van der Waals surface area contributed by atoms with Crippen molar-refractivity contribution in [1.29, 1.82) is 0 Å². The van der Waals surface area contributed by atoms with Gasteiger partial charge in [-0.05, 0) is 30.5 Å². The monoisotopic (exact) mass is 368 g/mol. The highest BCUT2D eigenvalue weighted by Gasteiger charge is 2.29. The maximum Gasteiger partial charge on any atom is 0.389 e. The van der Waals surface area contributed by atoms with Crippen LogP contribution in [0.1, 0.15) is 37.1 Å². The van der Waals surface area contributed by atoms with Gasteiger partial charge in [-0.1, -0.05) is 6.07 Å². The number of amides is 2. The molecule has 3 rings (SSSR count). The van der Waals surface area contributed by atoms with Crippen molar-refractivity contribution >= 4 is 22.8 Å². The van der Waals surface area contributed by atoms with E-state index in [9.17, 15) is 22.8 Å². The number of nitrogens with one attached hydrogen (secondary N) is 3. The Balaban J connectivity index is 1.53. The zero-order valence-electron chi connectivity index (χ0n) is 13.9. The second-order valence-electron chi connectivity index (χ2n) is 6.42. The number of hydrogen-bond donors (Lipinski definition) is 3. The SMILES string of the molecule is O=C(CCC(F)(F)F)NCc1ccc2nc(CNC(=O)C3CC3)[nH]c2c1. The molecule has 1 fully saturated rings. The Hall–Kier alpha value is -2.58. The Morgan fingerprint density at radius 1 is 1.19 bits per heavy atom. The van der Waals surface area contributed by atoms with Gasteiger partial charge in [0.2, 0.25) is 11.8 Å². The van der Waals surface area contributed by atoms with E-state index in [1.807, 2.05) is 0 Å². The Kier molecular flexibility index (Phi) is 5.15. The van der Waals surface area contributed by atoms with Crippen LogP contribution in [0.4, 0.5) is 13.2 Å². The van der Waals surface area contributed by atoms with Gasteiger partial charge < -0.3 is 15.6 Å². The van der Waals surface area contributed by atoms with Crippen LogP contribution in [-0.4, -0.2) is 28.0 Å². The molecule has 0 unspecified atom stereocenters. The molecular weight excluding hydrogens is 349 g/mol. The number of rotatable bonds is 7. The molecule has 1 aromatic carbocycles. The number of carbonyl (C=O) groups excluding carboxylic acids is 2. The molecule has 0 saturated heterocycles. The van der Waals surface area contributed by atoms with Crippen molar-refractivity contribution in [2.45, 2.75) is 44.9 Å². The van der Waals surface area contributed by atoms with E-state index in [4.69, 9.17) is 0 Å². The lowest BCUT2D eigenvalue weighted by Gasteiger charge is -2.07. The smallest absolute Gasteiger partial charge is 0.352 e. The first-order valence-corrected chi connectivity index (χ1v) is 8.39. The van der Waals surface area contributed by atoms with Crippen molar-refractivity contribution in [3.05, 3.63) is 29.6 Å². The summed E-state index contributed by atoms with van der Waals surface area (Å²) in [5.41, 5.74) is 2.20. The average Bonchev–Trinajstić information content (AvgIpc) is 3.35. The molecule has 2 aromatic rings. The molecule has 6 nitrogen and oxygen atoms in total. The zero-order chi connectivity index (χ0) is 18.7. The number of alkyl halides is 3. The standard InChI is InChI=1S/C17H19F3N4O2/c18-17(19,20)6-5-15(25)21-8-10-1-4-12-13(7-10)24-14(23-12)9-22-16(26)11-2-3-11/h1,4,7,11H,2-3,5-6,8-9H2,(H,21,25)(H,22,26)(H,23,24). The zero-order valence-corrected chi connectivity index (χ0v) is 13.9. The summed E-state index contributed by atoms with van der Waals surface area (Å²) in [6.07, 6.45) is -4.18. The van der Waals surface area contributed by atoms with E-state index >= 15 is 0 Å². The van der Waals surface area contributed by atoms with E-state index in [-0.39, 0.29) is 18.4 Å². The van der Waals surface area contributed by atoms with Gasteiger partial charge in [0.1, 0.15) is 5.82 Å². The van der Waals surface area contributed by atoms with Crippen LogP contribution < -0.4 is 10.6 Å². The molecule has 2 amide bonds. The highest BCUT2D eigenvalue weighted by Crippen LogP contribution is 2.28. The van der Waals surface area contributed by atoms with E-state index in [1.165, 1.54) is 0 Å². The Bertz CT molecular complexity index is 812. The second-order valence-corrected chi connectivity index (χ2v) is 6.42. The molecule has 0 aliphatic heterocycles. The van der Waals surface area contributed by atoms with E-state index in [1.54, 1.807) is 18.2 Å². The lowest BCUT2D eigenvalue weighted by molar-refractivity contribution is -0.144. The summed E-state index contributed by atoms with van der Waals surface area (Å²) in [5.74, 6) is 0.149. The van der Waals surface area contributed by atoms with Crippen molar-refractivity contribution < 1.29 is 22.8 Å². The molecule has 140 valence electrons. The molecule has 1 aliphatic carbocycles. The minimum Gasteiger partial charge on any atom is -0.352 e. The molecule has 1 heterocycles. The average molecular weight is 368 g/mol. The molecule has 0 atom stereocenters. The maximum absolute atomic E-state index is 12.1. The van der Waals surface area contributed by atoms with Crippen molar-refractivity contribution in [3.8, 4) is 0 Å². The minimum atomic E-state index is -4.34. The van der Waals surface area contributed by atoms with Gasteiger partial charge in [0.25, 0.3) is 0 Å². The highest BCUT2D eigenvalue weighted by molar-refractivity contribution is 5.81. The first-order valence-electron chi connectivity index (χ1n) is 8.39. The summed E-state index contributed by atoms with van der Waals surface area (Å²) in [6, 6.07) is 5.29. The number of fused-ring (bicyclic) bond motifs is 1. The predicted octanol–water partition coefficient (Wildman–Crippen LogP) is 2.55. The van der Waals surface area contributed by atoms with Crippen LogP contribution in [0.2, 0.25) is 0 Å². The minimum absolute atomic E-state index is 0.0349. The van der Waals surface area contributed by atoms with E-state index in [2.05, 4.69) is 20.6 Å². The topological polar surface area (TPSA) is 86.9 Å². The van der Waals surface area contributed by atoms with Gasteiger partial charge in [-0.15, -0.1) is 0 Å². The third-order valence-corrected chi connectivity index (χ3v) is 4.10. The summed E-state index contributed by atoms with van der Waals surface area (Å²) in [6.45, 7) is 0.451. The van der Waals surface area contributed by atoms with Gasteiger partial charge in [-0.3, -0.25) is 9.59 Å². The third kappa shape index (κ3) is 5.21. The predicted molar refractivity (Wildman–Crippen MR) is 87.8 cm³/mol. The molecule has 0 radical (unpaired) electrons. The van der Waals surface area contributed by atoms with Crippen LogP contribution in [0.3, 0.4) is 0 Å². The molecule has 26 heavy (non-hydrogen) atoms. The number of carbonyl (C=O) groups is 2. The van der Waals surface area contributed by atoms with Gasteiger partial charge in [-0.2, -0.15) is 13.2 Å². The number of halogens is 3. The first kappa shape index (κ1) is 18.2. The molecule has 1 saturated carbocycles. The summed E-state index contributed by atoms with van der Waals surface area (Å²) in [4.78, 5) is 30.6. The number of aromatic nitrogens is 2. The van der Waals surface area contributed by atoms with Crippen molar-refractivity contribution in [1.82, 2.24) is 20.6 Å². The molecule has 0 bridgehead atoms. The number of imidazole rings is 1. The van der Waals surface area contributed by atoms with Gasteiger partial charge in [0.15, 0.2) is 0 Å². The van der Waals surface area contributed by atoms with Crippen molar-refractivity contribution in [2.24, 2.45) is 5.92 Å². The Morgan fingerprint density at radius 3 is 2.65 bits per heavy atom. The van der Waals surface area contributed by atoms with Gasteiger partial charge >= 0.3 is 6.18 Å². The summed E-state index contributed by atoms with van der Waals surface area (Å²) in [7, 11) is 0. The number of H-pyrrole nitrogens is 1. The van der Waals surface area contributed by atoms with Gasteiger partial charge in [0, 0.05) is 18.9 Å². The van der Waals surface area contributed by atoms with Crippen LogP contribution in [0, 0.1) is 5.92 Å².